The third kappa shape index (κ3) is 9.14. The van der Waals surface area contributed by atoms with Gasteiger partial charge in [-0.25, -0.2) is 16.8 Å². The van der Waals surface area contributed by atoms with E-state index in [-0.39, 0.29) is 23.4 Å². The number of ether oxygens (including phenoxy) is 2. The van der Waals surface area contributed by atoms with E-state index in [4.69, 9.17) is 18.5 Å². The van der Waals surface area contributed by atoms with Gasteiger partial charge in [0.15, 0.2) is 19.7 Å². The molecule has 2 fully saturated rings. The molecule has 0 spiro atoms. The number of carbonyl (C=O) groups is 4. The van der Waals surface area contributed by atoms with Gasteiger partial charge in [-0.15, -0.1) is 0 Å². The molecule has 20 heteroatoms. The molecule has 18 nitrogen and oxygen atoms in total. The third-order valence-corrected chi connectivity index (χ3v) is 15.9. The summed E-state index contributed by atoms with van der Waals surface area (Å²) in [5.74, 6) is -2.87. The molecule has 304 valence electrons. The number of likely N-dealkylation sites (N-methyl/N-ethyl adjacent to an activating group) is 1. The maximum atomic E-state index is 13.0. The van der Waals surface area contributed by atoms with Crippen LogP contribution in [-0.4, -0.2) is 121 Å². The molecule has 0 atom stereocenters. The number of aliphatic carboxylic acids is 1. The number of anilines is 2. The first kappa shape index (κ1) is 44.5. The molecule has 0 saturated carbocycles. The molecule has 3 N–H and O–H groups in total. The van der Waals surface area contributed by atoms with E-state index < -0.39 is 68.3 Å². The number of carboxylic acid groups (broad SMARTS) is 1. The van der Waals surface area contributed by atoms with Crippen molar-refractivity contribution in [2.75, 3.05) is 51.2 Å². The van der Waals surface area contributed by atoms with E-state index in [9.17, 15) is 41.1 Å². The highest BCUT2D eigenvalue weighted by molar-refractivity contribution is 7.94. The third-order valence-electron chi connectivity index (χ3n) is 9.98. The van der Waals surface area contributed by atoms with Crippen LogP contribution in [0, 0.1) is 0 Å². The lowest BCUT2D eigenvalue weighted by Gasteiger charge is -2.30. The van der Waals surface area contributed by atoms with Crippen molar-refractivity contribution < 1.29 is 59.6 Å². The number of amides is 3. The van der Waals surface area contributed by atoms with Gasteiger partial charge in [-0.3, -0.25) is 29.8 Å². The number of carbonyl (C=O) groups excluding carboxylic acids is 3. The highest BCUT2D eigenvalue weighted by Crippen LogP contribution is 2.32. The molecule has 2 saturated heterocycles. The van der Waals surface area contributed by atoms with Gasteiger partial charge in [-0.05, 0) is 81.1 Å². The van der Waals surface area contributed by atoms with Crippen LogP contribution in [0.25, 0.3) is 0 Å². The van der Waals surface area contributed by atoms with Gasteiger partial charge in [0, 0.05) is 52.7 Å². The average Bonchev–Trinajstić information content (AvgIpc) is 3.79. The fourth-order valence-corrected chi connectivity index (χ4v) is 9.54. The van der Waals surface area contributed by atoms with Crippen LogP contribution < -0.4 is 10.6 Å². The number of nitrogens with zero attached hydrogens (tertiary/aromatic N) is 3. The Morgan fingerprint density at radius 1 is 0.667 bits per heavy atom. The maximum Gasteiger partial charge on any atom is 0.315 e. The lowest BCUT2D eigenvalue weighted by molar-refractivity contribution is -0.142. The normalized spacial score (nSPS) is 16.9. The summed E-state index contributed by atoms with van der Waals surface area (Å²) >= 11 is 0. The molecule has 2 aromatic heterocycles. The quantitative estimate of drug-likeness (QED) is 0.279. The predicted molar refractivity (Wildman–Crippen MR) is 196 cm³/mol. The Kier molecular flexibility index (Phi) is 13.6. The van der Waals surface area contributed by atoms with Gasteiger partial charge in [-0.2, -0.15) is 0 Å². The summed E-state index contributed by atoms with van der Waals surface area (Å²) in [5.41, 5.74) is -1.81. The Morgan fingerprint density at radius 2 is 1.00 bits per heavy atom. The molecule has 54 heavy (non-hydrogen) atoms. The molecule has 0 aliphatic carbocycles. The number of sulfone groups is 2. The number of hydrogen-bond acceptors (Lipinski definition) is 14. The maximum absolute atomic E-state index is 13.0. The smallest absolute Gasteiger partial charge is 0.315 e. The van der Waals surface area contributed by atoms with Crippen molar-refractivity contribution in [3.05, 3.63) is 23.5 Å². The van der Waals surface area contributed by atoms with Gasteiger partial charge in [0.2, 0.25) is 29.5 Å². The van der Waals surface area contributed by atoms with Crippen molar-refractivity contribution in [2.45, 2.75) is 112 Å². The van der Waals surface area contributed by atoms with Crippen LogP contribution in [0.4, 0.5) is 11.8 Å². The number of rotatable bonds is 12. The monoisotopic (exact) mass is 803 g/mol. The Balaban J connectivity index is 0.000000291. The first-order chi connectivity index (χ1) is 24.7. The van der Waals surface area contributed by atoms with Crippen LogP contribution in [-0.2, 0) is 59.2 Å². The zero-order valence-electron chi connectivity index (χ0n) is 32.5. The van der Waals surface area contributed by atoms with Crippen LogP contribution in [0.1, 0.15) is 92.5 Å². The summed E-state index contributed by atoms with van der Waals surface area (Å²) in [5, 5.41) is 20.3. The minimum atomic E-state index is -3.76. The Bertz CT molecular complexity index is 1900. The molecule has 2 aliphatic rings. The molecular weight excluding hydrogens is 751 g/mol. The SMILES string of the molecule is CC(C)(C(=O)O)c1cc(NC(=O)C(C)(C)S(=O)(=O)C2CCOCC2)on1.CN(C)C(=O)C(C)(C)c1cc(NC(=O)C(C)(C)S(=O)(=O)C2CCOCC2)on1. The van der Waals surface area contributed by atoms with E-state index in [2.05, 4.69) is 20.9 Å². The lowest BCUT2D eigenvalue weighted by Crippen LogP contribution is -2.50. The Morgan fingerprint density at radius 3 is 1.31 bits per heavy atom. The second-order valence-electron chi connectivity index (χ2n) is 15.5. The molecule has 4 rings (SSSR count). The molecule has 4 heterocycles. The topological polar surface area (TPSA) is 255 Å². The summed E-state index contributed by atoms with van der Waals surface area (Å²) < 4.78 is 68.8. The highest BCUT2D eigenvalue weighted by Gasteiger charge is 2.48. The summed E-state index contributed by atoms with van der Waals surface area (Å²) in [6.45, 7) is 13.1. The van der Waals surface area contributed by atoms with E-state index in [1.807, 2.05) is 0 Å². The van der Waals surface area contributed by atoms with Crippen molar-refractivity contribution in [3.8, 4) is 0 Å². The Hall–Kier alpha value is -3.88. The van der Waals surface area contributed by atoms with Crippen molar-refractivity contribution in [1.29, 1.82) is 0 Å². The zero-order chi connectivity index (χ0) is 41.1. The van der Waals surface area contributed by atoms with Crippen LogP contribution >= 0.6 is 0 Å². The van der Waals surface area contributed by atoms with Crippen molar-refractivity contribution in [1.82, 2.24) is 15.2 Å². The van der Waals surface area contributed by atoms with Crippen molar-refractivity contribution in [3.63, 3.8) is 0 Å². The van der Waals surface area contributed by atoms with Crippen LogP contribution in [0.2, 0.25) is 0 Å². The van der Waals surface area contributed by atoms with Gasteiger partial charge < -0.3 is 28.5 Å². The van der Waals surface area contributed by atoms with Crippen LogP contribution in [0.15, 0.2) is 21.2 Å². The zero-order valence-corrected chi connectivity index (χ0v) is 34.1. The van der Waals surface area contributed by atoms with E-state index in [0.29, 0.717) is 57.8 Å². The average molecular weight is 804 g/mol. The van der Waals surface area contributed by atoms with E-state index in [1.54, 1.807) is 27.9 Å². The largest absolute Gasteiger partial charge is 0.481 e. The van der Waals surface area contributed by atoms with E-state index in [0.717, 1.165) is 0 Å². The van der Waals surface area contributed by atoms with Gasteiger partial charge in [0.05, 0.1) is 15.9 Å². The number of aromatic nitrogens is 2. The summed E-state index contributed by atoms with van der Waals surface area (Å²) in [6, 6.07) is 2.72. The fourth-order valence-electron chi connectivity index (χ4n) is 5.62. The van der Waals surface area contributed by atoms with Crippen LogP contribution in [0.5, 0.6) is 0 Å². The first-order valence-electron chi connectivity index (χ1n) is 17.4. The minimum Gasteiger partial charge on any atom is -0.481 e. The second kappa shape index (κ2) is 16.5. The molecular formula is C34H53N5O13S2. The first-order valence-corrected chi connectivity index (χ1v) is 20.5. The molecule has 2 aromatic rings. The molecule has 0 aromatic carbocycles. The lowest BCUT2D eigenvalue weighted by atomic mass is 9.88. The van der Waals surface area contributed by atoms with Gasteiger partial charge >= 0.3 is 5.97 Å². The minimum absolute atomic E-state index is 0.00474. The molecule has 0 bridgehead atoms. The highest BCUT2D eigenvalue weighted by atomic mass is 32.2. The fraction of sp³-hybridized carbons (Fsp3) is 0.706. The summed E-state index contributed by atoms with van der Waals surface area (Å²) in [7, 11) is -4.24. The summed E-state index contributed by atoms with van der Waals surface area (Å²) in [6.07, 6.45) is 1.43. The van der Waals surface area contributed by atoms with Gasteiger partial charge in [-0.1, -0.05) is 10.3 Å². The molecule has 3 amide bonds. The van der Waals surface area contributed by atoms with Gasteiger partial charge in [0.1, 0.15) is 26.3 Å². The number of hydrogen-bond donors (Lipinski definition) is 3. The molecule has 0 unspecified atom stereocenters. The number of nitrogens with one attached hydrogen (secondary N) is 2. The predicted octanol–water partition coefficient (Wildman–Crippen LogP) is 2.70. The molecule has 2 aliphatic heterocycles. The van der Waals surface area contributed by atoms with E-state index in [1.165, 1.54) is 58.6 Å². The Labute approximate surface area is 315 Å². The van der Waals surface area contributed by atoms with E-state index >= 15 is 0 Å². The van der Waals surface area contributed by atoms with Crippen molar-refractivity contribution in [2.24, 2.45) is 0 Å². The number of carboxylic acids is 1. The standard InChI is InChI=1S/C18H29N3O6S.C16H24N2O7S/c1-17(2,16(23)21(5)6)13-11-14(27-20-13)19-15(22)18(3,4)28(24,25)12-7-9-26-10-8-12;1-15(2,14(20)21)11-9-12(25-18-11)17-13(19)16(3,4)26(22,23)10-5-7-24-8-6-10/h11-12H,7-10H2,1-6H3,(H,19,22);9-10H,5-8H2,1-4H3,(H,17,19)(H,20,21). The summed E-state index contributed by atoms with van der Waals surface area (Å²) in [4.78, 5) is 50.4. The second-order valence-corrected chi connectivity index (χ2v) is 21.1. The van der Waals surface area contributed by atoms with Gasteiger partial charge in [0.25, 0.3) is 0 Å². The van der Waals surface area contributed by atoms with Crippen LogP contribution in [0.3, 0.4) is 0 Å². The molecule has 0 radical (unpaired) electrons. The van der Waals surface area contributed by atoms with Crippen molar-refractivity contribution >= 4 is 55.1 Å².